The molecular weight excluding hydrogens is 367 g/mol. The maximum Gasteiger partial charge on any atom is 0.191 e. The highest BCUT2D eigenvalue weighted by atomic mass is 19.1. The molecule has 0 unspecified atom stereocenters. The molecule has 2 N–H and O–H groups in total. The van der Waals surface area contributed by atoms with Gasteiger partial charge in [0.05, 0.1) is 6.54 Å². The molecule has 6 heteroatoms. The van der Waals surface area contributed by atoms with Crippen LogP contribution < -0.4 is 10.6 Å². The van der Waals surface area contributed by atoms with Gasteiger partial charge in [0.2, 0.25) is 0 Å². The van der Waals surface area contributed by atoms with Gasteiger partial charge in [0.25, 0.3) is 0 Å². The quantitative estimate of drug-likeness (QED) is 0.544. The average molecular weight is 403 g/mol. The first-order valence-corrected chi connectivity index (χ1v) is 11.3. The molecule has 5 nitrogen and oxygen atoms in total. The zero-order valence-electron chi connectivity index (χ0n) is 17.7. The minimum Gasteiger partial charge on any atom is -0.381 e. The summed E-state index contributed by atoms with van der Waals surface area (Å²) in [6.07, 6.45) is 6.72. The SMILES string of the molecule is CCNC(=NCC1(N2CCCC2)CCOCC1)NCC1(c2ccccc2F)CC1. The lowest BCUT2D eigenvalue weighted by Crippen LogP contribution is -2.54. The Balaban J connectivity index is 1.44. The van der Waals surface area contributed by atoms with Crippen LogP contribution in [0.1, 0.15) is 51.0 Å². The number of nitrogens with one attached hydrogen (secondary N) is 2. The summed E-state index contributed by atoms with van der Waals surface area (Å²) < 4.78 is 20.0. The number of ether oxygens (including phenoxy) is 1. The predicted octanol–water partition coefficient (Wildman–Crippen LogP) is 3.06. The van der Waals surface area contributed by atoms with Crippen LogP contribution in [0.4, 0.5) is 4.39 Å². The molecule has 0 bridgehead atoms. The number of guanidine groups is 1. The molecule has 0 amide bonds. The zero-order valence-corrected chi connectivity index (χ0v) is 17.7. The van der Waals surface area contributed by atoms with E-state index in [0.29, 0.717) is 0 Å². The van der Waals surface area contributed by atoms with Crippen molar-refractivity contribution in [3.8, 4) is 0 Å². The molecule has 0 spiro atoms. The molecule has 160 valence electrons. The normalized spacial score (nSPS) is 23.7. The van der Waals surface area contributed by atoms with E-state index in [2.05, 4.69) is 22.5 Å². The summed E-state index contributed by atoms with van der Waals surface area (Å²) in [5.74, 6) is 0.754. The molecule has 29 heavy (non-hydrogen) atoms. The minimum absolute atomic E-state index is 0.0904. The van der Waals surface area contributed by atoms with E-state index in [4.69, 9.17) is 9.73 Å². The molecule has 2 saturated heterocycles. The molecule has 3 fully saturated rings. The van der Waals surface area contributed by atoms with E-state index in [1.54, 1.807) is 12.1 Å². The average Bonchev–Trinajstić information content (AvgIpc) is 3.31. The Morgan fingerprint density at radius 3 is 2.48 bits per heavy atom. The van der Waals surface area contributed by atoms with Crippen molar-refractivity contribution < 1.29 is 9.13 Å². The third-order valence-corrected chi connectivity index (χ3v) is 6.97. The van der Waals surface area contributed by atoms with Gasteiger partial charge in [0.1, 0.15) is 5.82 Å². The van der Waals surface area contributed by atoms with Gasteiger partial charge in [-0.1, -0.05) is 18.2 Å². The van der Waals surface area contributed by atoms with Crippen LogP contribution >= 0.6 is 0 Å². The van der Waals surface area contributed by atoms with Crippen molar-refractivity contribution in [3.05, 3.63) is 35.6 Å². The Labute approximate surface area is 174 Å². The van der Waals surface area contributed by atoms with Crippen molar-refractivity contribution in [2.75, 3.05) is 45.9 Å². The predicted molar refractivity (Wildman–Crippen MR) is 115 cm³/mol. The Hall–Kier alpha value is -1.66. The molecular formula is C23H35FN4O. The van der Waals surface area contributed by atoms with Gasteiger partial charge in [-0.2, -0.15) is 0 Å². The summed E-state index contributed by atoms with van der Waals surface area (Å²) in [4.78, 5) is 7.65. The topological polar surface area (TPSA) is 48.9 Å². The maximum absolute atomic E-state index is 14.3. The molecule has 3 aliphatic rings. The molecule has 1 saturated carbocycles. The highest BCUT2D eigenvalue weighted by Crippen LogP contribution is 2.48. The van der Waals surface area contributed by atoms with Crippen LogP contribution in [0.3, 0.4) is 0 Å². The van der Waals surface area contributed by atoms with Crippen LogP contribution in [0, 0.1) is 5.82 Å². The monoisotopic (exact) mass is 402 g/mol. The molecule has 1 aliphatic carbocycles. The van der Waals surface area contributed by atoms with Crippen molar-refractivity contribution in [1.82, 2.24) is 15.5 Å². The fraction of sp³-hybridized carbons (Fsp3) is 0.696. The summed E-state index contributed by atoms with van der Waals surface area (Å²) in [5, 5.41) is 6.91. The number of likely N-dealkylation sites (tertiary alicyclic amines) is 1. The van der Waals surface area contributed by atoms with E-state index in [9.17, 15) is 4.39 Å². The van der Waals surface area contributed by atoms with Crippen molar-refractivity contribution in [3.63, 3.8) is 0 Å². The minimum atomic E-state index is -0.0936. The second-order valence-electron chi connectivity index (χ2n) is 8.84. The van der Waals surface area contributed by atoms with Crippen molar-refractivity contribution in [1.29, 1.82) is 0 Å². The molecule has 1 aromatic rings. The number of hydrogen-bond donors (Lipinski definition) is 2. The molecule has 0 radical (unpaired) electrons. The summed E-state index contributed by atoms with van der Waals surface area (Å²) >= 11 is 0. The van der Waals surface area contributed by atoms with E-state index in [1.165, 1.54) is 25.9 Å². The van der Waals surface area contributed by atoms with E-state index < -0.39 is 0 Å². The van der Waals surface area contributed by atoms with E-state index in [-0.39, 0.29) is 16.8 Å². The molecule has 0 atom stereocenters. The van der Waals surface area contributed by atoms with Gasteiger partial charge in [0.15, 0.2) is 5.96 Å². The van der Waals surface area contributed by atoms with Crippen LogP contribution in [0.5, 0.6) is 0 Å². The first kappa shape index (κ1) is 20.6. The van der Waals surface area contributed by atoms with Gasteiger partial charge in [-0.3, -0.25) is 9.89 Å². The Morgan fingerprint density at radius 2 is 1.83 bits per heavy atom. The van der Waals surface area contributed by atoms with Gasteiger partial charge in [-0.25, -0.2) is 4.39 Å². The van der Waals surface area contributed by atoms with Crippen LogP contribution in [0.25, 0.3) is 0 Å². The lowest BCUT2D eigenvalue weighted by Gasteiger charge is -2.43. The van der Waals surface area contributed by atoms with Gasteiger partial charge < -0.3 is 15.4 Å². The van der Waals surface area contributed by atoms with Gasteiger partial charge in [0, 0.05) is 37.3 Å². The summed E-state index contributed by atoms with van der Waals surface area (Å²) in [5.41, 5.74) is 0.869. The van der Waals surface area contributed by atoms with Crippen LogP contribution in [0.2, 0.25) is 0 Å². The Kier molecular flexibility index (Phi) is 6.40. The smallest absolute Gasteiger partial charge is 0.191 e. The molecule has 2 aliphatic heterocycles. The van der Waals surface area contributed by atoms with Crippen LogP contribution in [-0.4, -0.2) is 62.3 Å². The molecule has 0 aromatic heterocycles. The van der Waals surface area contributed by atoms with Gasteiger partial charge in [-0.05, 0) is 70.2 Å². The van der Waals surface area contributed by atoms with E-state index >= 15 is 0 Å². The lowest BCUT2D eigenvalue weighted by atomic mass is 9.88. The fourth-order valence-electron chi connectivity index (χ4n) is 4.92. The highest BCUT2D eigenvalue weighted by molar-refractivity contribution is 5.80. The lowest BCUT2D eigenvalue weighted by molar-refractivity contribution is -0.0139. The first-order chi connectivity index (χ1) is 14.2. The fourth-order valence-corrected chi connectivity index (χ4v) is 4.92. The second kappa shape index (κ2) is 9.00. The van der Waals surface area contributed by atoms with Crippen LogP contribution in [0.15, 0.2) is 29.3 Å². The maximum atomic E-state index is 14.3. The number of benzene rings is 1. The second-order valence-corrected chi connectivity index (χ2v) is 8.84. The van der Waals surface area contributed by atoms with Crippen molar-refractivity contribution >= 4 is 5.96 Å². The standard InChI is InChI=1S/C23H35FN4O/c1-2-25-21(26-17-22(9-10-22)19-7-3-4-8-20(19)24)27-18-23(11-15-29-16-12-23)28-13-5-6-14-28/h3-4,7-8H,2,5-6,9-18H2,1H3,(H2,25,26,27). The Morgan fingerprint density at radius 1 is 1.10 bits per heavy atom. The summed E-state index contributed by atoms with van der Waals surface area (Å²) in [7, 11) is 0. The highest BCUT2D eigenvalue weighted by Gasteiger charge is 2.46. The van der Waals surface area contributed by atoms with E-state index in [0.717, 1.165) is 70.1 Å². The largest absolute Gasteiger partial charge is 0.381 e. The third-order valence-electron chi connectivity index (χ3n) is 6.97. The number of aliphatic imine (C=N–C) groups is 1. The third kappa shape index (κ3) is 4.58. The van der Waals surface area contributed by atoms with Gasteiger partial charge in [-0.15, -0.1) is 0 Å². The van der Waals surface area contributed by atoms with Crippen LogP contribution in [-0.2, 0) is 10.2 Å². The molecule has 4 rings (SSSR count). The Bertz CT molecular complexity index is 707. The first-order valence-electron chi connectivity index (χ1n) is 11.3. The van der Waals surface area contributed by atoms with Gasteiger partial charge >= 0.3 is 0 Å². The van der Waals surface area contributed by atoms with E-state index in [1.807, 2.05) is 12.1 Å². The zero-order chi connectivity index (χ0) is 20.2. The number of halogens is 1. The number of rotatable bonds is 7. The van der Waals surface area contributed by atoms with Crippen molar-refractivity contribution in [2.45, 2.75) is 56.4 Å². The van der Waals surface area contributed by atoms with Crippen molar-refractivity contribution in [2.24, 2.45) is 4.99 Å². The summed E-state index contributed by atoms with van der Waals surface area (Å²) in [6.45, 7) is 8.42. The number of hydrogen-bond acceptors (Lipinski definition) is 3. The molecule has 2 heterocycles. The molecule has 1 aromatic carbocycles. The number of nitrogens with zero attached hydrogens (tertiary/aromatic N) is 2. The summed E-state index contributed by atoms with van der Waals surface area (Å²) in [6, 6.07) is 7.19.